The van der Waals surface area contributed by atoms with Crippen LogP contribution in [-0.2, 0) is 13.7 Å². The van der Waals surface area contributed by atoms with Gasteiger partial charge in [0.05, 0.1) is 0 Å². The molecule has 10 heteroatoms. The third kappa shape index (κ3) is 2.40. The lowest BCUT2D eigenvalue weighted by molar-refractivity contribution is 0.0907. The van der Waals surface area contributed by atoms with E-state index >= 15 is 0 Å². The number of hydrogen-bond donors (Lipinski definition) is 2. The van der Waals surface area contributed by atoms with Gasteiger partial charge in [-0.2, -0.15) is 0 Å². The maximum Gasteiger partial charge on any atom is 0.251 e. The third-order valence-electron chi connectivity index (χ3n) is 4.44. The van der Waals surface area contributed by atoms with Crippen LogP contribution in [0, 0.1) is 0 Å². The summed E-state index contributed by atoms with van der Waals surface area (Å²) < 4.78 is 3.32. The fraction of sp³-hybridized carbons (Fsp3) is 0.429. The van der Waals surface area contributed by atoms with Crippen molar-refractivity contribution in [3.63, 3.8) is 0 Å². The first-order valence-electron chi connectivity index (χ1n) is 7.63. The van der Waals surface area contributed by atoms with Gasteiger partial charge in [0.1, 0.15) is 12.4 Å². The van der Waals surface area contributed by atoms with Crippen LogP contribution in [0.4, 0.5) is 0 Å². The molecule has 3 aromatic rings. The van der Waals surface area contributed by atoms with E-state index in [2.05, 4.69) is 31.0 Å². The summed E-state index contributed by atoms with van der Waals surface area (Å²) >= 11 is 0. The number of hydrogen-bond acceptors (Lipinski definition) is 7. The number of nitrogens with one attached hydrogen (secondary N) is 1. The van der Waals surface area contributed by atoms with Crippen molar-refractivity contribution in [1.82, 2.24) is 40.1 Å². The van der Waals surface area contributed by atoms with Crippen LogP contribution in [0.5, 0.6) is 0 Å². The van der Waals surface area contributed by atoms with E-state index in [-0.39, 0.29) is 24.5 Å². The van der Waals surface area contributed by atoms with Crippen molar-refractivity contribution < 1.29 is 9.90 Å². The first kappa shape index (κ1) is 14.7. The first-order chi connectivity index (χ1) is 11.7. The zero-order chi connectivity index (χ0) is 16.7. The van der Waals surface area contributed by atoms with E-state index in [1.54, 1.807) is 18.3 Å². The summed E-state index contributed by atoms with van der Waals surface area (Å²) in [4.78, 5) is 12.3. The van der Waals surface area contributed by atoms with Gasteiger partial charge in [-0.1, -0.05) is 0 Å². The van der Waals surface area contributed by atoms with Gasteiger partial charge >= 0.3 is 0 Å². The summed E-state index contributed by atoms with van der Waals surface area (Å²) in [7, 11) is 1.84. The maximum atomic E-state index is 12.3. The molecule has 10 nitrogen and oxygen atoms in total. The molecule has 3 heterocycles. The third-order valence-corrected chi connectivity index (χ3v) is 4.44. The molecule has 0 aliphatic heterocycles. The number of nitrogens with zero attached hydrogens (tertiary/aromatic N) is 7. The highest BCUT2D eigenvalue weighted by atomic mass is 16.3. The molecule has 0 unspecified atom stereocenters. The van der Waals surface area contributed by atoms with Crippen molar-refractivity contribution in [2.24, 2.45) is 7.05 Å². The van der Waals surface area contributed by atoms with Gasteiger partial charge in [-0.3, -0.25) is 4.79 Å². The monoisotopic (exact) mass is 328 g/mol. The Bertz CT molecular complexity index is 895. The van der Waals surface area contributed by atoms with Crippen molar-refractivity contribution in [1.29, 1.82) is 0 Å². The Morgan fingerprint density at radius 2 is 2.21 bits per heavy atom. The van der Waals surface area contributed by atoms with E-state index in [9.17, 15) is 4.79 Å². The quantitative estimate of drug-likeness (QED) is 0.657. The maximum absolute atomic E-state index is 12.3. The van der Waals surface area contributed by atoms with Crippen LogP contribution in [0.15, 0.2) is 18.3 Å². The summed E-state index contributed by atoms with van der Waals surface area (Å²) in [5, 5.41) is 31.4. The van der Waals surface area contributed by atoms with Gasteiger partial charge in [0, 0.05) is 30.8 Å². The molecule has 3 aromatic heterocycles. The van der Waals surface area contributed by atoms with Crippen molar-refractivity contribution in [3.8, 4) is 0 Å². The number of amides is 1. The minimum absolute atomic E-state index is 0.101. The molecule has 0 spiro atoms. The van der Waals surface area contributed by atoms with Gasteiger partial charge in [-0.15, -0.1) is 15.3 Å². The molecule has 1 aliphatic carbocycles. The molecule has 2 N–H and O–H groups in total. The van der Waals surface area contributed by atoms with Gasteiger partial charge < -0.3 is 15.0 Å². The van der Waals surface area contributed by atoms with E-state index in [1.807, 2.05) is 11.6 Å². The topological polar surface area (TPSA) is 123 Å². The Hall–Kier alpha value is -2.88. The smallest absolute Gasteiger partial charge is 0.251 e. The van der Waals surface area contributed by atoms with Crippen LogP contribution in [-0.4, -0.2) is 51.9 Å². The minimum atomic E-state index is -0.141. The van der Waals surface area contributed by atoms with Crippen LogP contribution in [0.1, 0.15) is 40.8 Å². The summed E-state index contributed by atoms with van der Waals surface area (Å²) in [6.07, 6.45) is 3.26. The lowest BCUT2D eigenvalue weighted by Gasteiger charge is -2.35. The van der Waals surface area contributed by atoms with E-state index in [0.29, 0.717) is 17.0 Å². The van der Waals surface area contributed by atoms with Gasteiger partial charge in [-0.05, 0) is 35.4 Å². The van der Waals surface area contributed by atoms with Gasteiger partial charge in [-0.25, -0.2) is 4.52 Å². The molecule has 1 saturated carbocycles. The Morgan fingerprint density at radius 3 is 2.96 bits per heavy atom. The number of aliphatic hydroxyl groups is 1. The Kier molecular flexibility index (Phi) is 3.45. The Labute approximate surface area is 136 Å². The first-order valence-corrected chi connectivity index (χ1v) is 7.63. The molecule has 0 saturated heterocycles. The standard InChI is InChI=1S/C14H16N8O2/c1-21-12(7-23)16-18-13(21)9-4-10(5-9)15-14(24)8-2-3-22-11(6-8)17-19-20-22/h2-3,6,9-10,23H,4-5,7H2,1H3,(H,15,24). The predicted molar refractivity (Wildman–Crippen MR) is 80.9 cm³/mol. The van der Waals surface area contributed by atoms with Crippen LogP contribution in [0.25, 0.3) is 5.65 Å². The zero-order valence-corrected chi connectivity index (χ0v) is 13.0. The number of tetrazole rings is 1. The van der Waals surface area contributed by atoms with Gasteiger partial charge in [0.25, 0.3) is 5.91 Å². The predicted octanol–water partition coefficient (Wildman–Crippen LogP) is -0.579. The highest BCUT2D eigenvalue weighted by molar-refractivity contribution is 5.95. The largest absolute Gasteiger partial charge is 0.388 e. The number of aromatic nitrogens is 7. The highest BCUT2D eigenvalue weighted by Gasteiger charge is 2.35. The van der Waals surface area contributed by atoms with E-state index in [0.717, 1.165) is 18.7 Å². The number of fused-ring (bicyclic) bond motifs is 1. The molecule has 0 bridgehead atoms. The molecular weight excluding hydrogens is 312 g/mol. The number of carbonyl (C=O) groups is 1. The van der Waals surface area contributed by atoms with Crippen LogP contribution in [0.3, 0.4) is 0 Å². The van der Waals surface area contributed by atoms with Crippen molar-refractivity contribution in [2.45, 2.75) is 31.4 Å². The summed E-state index contributed by atoms with van der Waals surface area (Å²) in [6, 6.07) is 3.44. The second-order valence-electron chi connectivity index (χ2n) is 5.93. The van der Waals surface area contributed by atoms with Crippen LogP contribution in [0.2, 0.25) is 0 Å². The SMILES string of the molecule is Cn1c(CO)nnc1C1CC(NC(=O)c2ccn3nnnc3c2)C1. The van der Waals surface area contributed by atoms with Gasteiger partial charge in [0.15, 0.2) is 11.5 Å². The minimum Gasteiger partial charge on any atom is -0.388 e. The fourth-order valence-corrected chi connectivity index (χ4v) is 2.96. The lowest BCUT2D eigenvalue weighted by Crippen LogP contribution is -2.44. The zero-order valence-electron chi connectivity index (χ0n) is 13.0. The average molecular weight is 328 g/mol. The Morgan fingerprint density at radius 1 is 1.38 bits per heavy atom. The van der Waals surface area contributed by atoms with E-state index in [4.69, 9.17) is 5.11 Å². The molecule has 4 rings (SSSR count). The number of rotatable bonds is 4. The second kappa shape index (κ2) is 5.64. The van der Waals surface area contributed by atoms with Crippen molar-refractivity contribution in [3.05, 3.63) is 35.5 Å². The summed E-state index contributed by atoms with van der Waals surface area (Å²) in [5.74, 6) is 1.50. The normalized spacial score (nSPS) is 20.1. The molecule has 124 valence electrons. The van der Waals surface area contributed by atoms with Gasteiger partial charge in [0.2, 0.25) is 0 Å². The Balaban J connectivity index is 1.38. The number of aliphatic hydroxyl groups excluding tert-OH is 1. The van der Waals surface area contributed by atoms with Crippen molar-refractivity contribution >= 4 is 11.6 Å². The molecular formula is C14H16N8O2. The molecule has 0 atom stereocenters. The molecule has 1 aliphatic rings. The summed E-state index contributed by atoms with van der Waals surface area (Å²) in [6.45, 7) is -0.129. The molecule has 1 amide bonds. The molecule has 24 heavy (non-hydrogen) atoms. The van der Waals surface area contributed by atoms with E-state index in [1.165, 1.54) is 4.52 Å². The summed E-state index contributed by atoms with van der Waals surface area (Å²) in [5.41, 5.74) is 1.06. The van der Waals surface area contributed by atoms with Crippen LogP contribution < -0.4 is 5.32 Å². The number of pyridine rings is 1. The molecule has 0 radical (unpaired) electrons. The van der Waals surface area contributed by atoms with Crippen molar-refractivity contribution in [2.75, 3.05) is 0 Å². The van der Waals surface area contributed by atoms with E-state index < -0.39 is 0 Å². The molecule has 1 fully saturated rings. The number of carbonyl (C=O) groups excluding carboxylic acids is 1. The lowest BCUT2D eigenvalue weighted by atomic mass is 9.79. The average Bonchev–Trinajstić information content (AvgIpc) is 3.15. The second-order valence-corrected chi connectivity index (χ2v) is 5.93. The molecule has 0 aromatic carbocycles. The van der Waals surface area contributed by atoms with Crippen LogP contribution >= 0.6 is 0 Å². The fourth-order valence-electron chi connectivity index (χ4n) is 2.96. The highest BCUT2D eigenvalue weighted by Crippen LogP contribution is 2.36.